The molecule has 3 rings (SSSR count). The van der Waals surface area contributed by atoms with Crippen LogP contribution in [0.1, 0.15) is 29.5 Å². The molecular formula is C21H24N4O3S. The highest BCUT2D eigenvalue weighted by molar-refractivity contribution is 7.99. The smallest absolute Gasteiger partial charge is 0.251 e. The van der Waals surface area contributed by atoms with Gasteiger partial charge in [-0.25, -0.2) is 0 Å². The zero-order valence-corrected chi connectivity index (χ0v) is 17.5. The normalized spacial score (nSPS) is 10.6. The van der Waals surface area contributed by atoms with E-state index in [1.54, 1.807) is 50.2 Å². The predicted molar refractivity (Wildman–Crippen MR) is 113 cm³/mol. The van der Waals surface area contributed by atoms with Crippen molar-refractivity contribution >= 4 is 17.7 Å². The van der Waals surface area contributed by atoms with Gasteiger partial charge in [-0.05, 0) is 55.0 Å². The van der Waals surface area contributed by atoms with Gasteiger partial charge in [-0.1, -0.05) is 18.7 Å². The Bertz CT molecular complexity index is 940. The van der Waals surface area contributed by atoms with Crippen molar-refractivity contribution in [1.82, 2.24) is 20.1 Å². The van der Waals surface area contributed by atoms with E-state index in [4.69, 9.17) is 9.47 Å². The molecule has 8 heteroatoms. The van der Waals surface area contributed by atoms with Crippen molar-refractivity contribution in [3.05, 3.63) is 59.9 Å². The number of benzene rings is 2. The molecule has 1 amide bonds. The van der Waals surface area contributed by atoms with Gasteiger partial charge in [0.15, 0.2) is 11.0 Å². The lowest BCUT2D eigenvalue weighted by Crippen LogP contribution is -2.24. The van der Waals surface area contributed by atoms with Crippen molar-refractivity contribution in [3.8, 4) is 17.2 Å². The minimum Gasteiger partial charge on any atom is -0.497 e. The number of nitrogens with zero attached hydrogens (tertiary/aromatic N) is 3. The molecule has 0 spiro atoms. The summed E-state index contributed by atoms with van der Waals surface area (Å²) in [6.07, 6.45) is 1.03. The summed E-state index contributed by atoms with van der Waals surface area (Å²) >= 11 is 1.64. The van der Waals surface area contributed by atoms with E-state index in [2.05, 4.69) is 22.4 Å². The number of nitrogens with one attached hydrogen (secondary N) is 1. The second-order valence-electron chi connectivity index (χ2n) is 6.19. The van der Waals surface area contributed by atoms with Gasteiger partial charge in [0.1, 0.15) is 11.5 Å². The lowest BCUT2D eigenvalue weighted by Gasteiger charge is -2.11. The molecule has 0 bridgehead atoms. The fraction of sp³-hybridized carbons (Fsp3) is 0.286. The number of hydrogen-bond donors (Lipinski definition) is 1. The molecule has 0 aliphatic rings. The summed E-state index contributed by atoms with van der Waals surface area (Å²) in [4.78, 5) is 12.5. The van der Waals surface area contributed by atoms with Crippen LogP contribution >= 0.6 is 11.8 Å². The van der Waals surface area contributed by atoms with Crippen molar-refractivity contribution in [2.75, 3.05) is 20.0 Å². The van der Waals surface area contributed by atoms with Crippen LogP contribution in [0.5, 0.6) is 11.5 Å². The first-order valence-electron chi connectivity index (χ1n) is 9.30. The number of amides is 1. The van der Waals surface area contributed by atoms with Gasteiger partial charge in [-0.2, -0.15) is 0 Å². The molecule has 1 heterocycles. The van der Waals surface area contributed by atoms with Crippen LogP contribution in [0.25, 0.3) is 5.69 Å². The maximum Gasteiger partial charge on any atom is 0.251 e. The molecule has 152 valence electrons. The van der Waals surface area contributed by atoms with Crippen molar-refractivity contribution in [3.63, 3.8) is 0 Å². The lowest BCUT2D eigenvalue weighted by molar-refractivity contribution is 0.0949. The number of thioether (sulfide) groups is 1. The molecule has 29 heavy (non-hydrogen) atoms. The Morgan fingerprint density at radius 2 is 1.62 bits per heavy atom. The Balaban J connectivity index is 1.80. The van der Waals surface area contributed by atoms with Gasteiger partial charge in [0.25, 0.3) is 5.91 Å². The summed E-state index contributed by atoms with van der Waals surface area (Å²) in [7, 11) is 3.23. The van der Waals surface area contributed by atoms with Gasteiger partial charge < -0.3 is 14.8 Å². The Hall–Kier alpha value is -3.00. The molecule has 0 aliphatic carbocycles. The van der Waals surface area contributed by atoms with Crippen LogP contribution in [0, 0.1) is 0 Å². The molecule has 0 saturated heterocycles. The van der Waals surface area contributed by atoms with Gasteiger partial charge in [0.05, 0.1) is 20.8 Å². The van der Waals surface area contributed by atoms with Crippen molar-refractivity contribution in [2.45, 2.75) is 25.0 Å². The summed E-state index contributed by atoms with van der Waals surface area (Å²) in [5.41, 5.74) is 1.48. The molecule has 0 fully saturated rings. The average molecular weight is 413 g/mol. The van der Waals surface area contributed by atoms with E-state index in [0.29, 0.717) is 17.1 Å². The molecule has 1 N–H and O–H groups in total. The number of carbonyl (C=O) groups is 1. The van der Waals surface area contributed by atoms with E-state index in [1.807, 2.05) is 28.8 Å². The largest absolute Gasteiger partial charge is 0.497 e. The Morgan fingerprint density at radius 1 is 1.00 bits per heavy atom. The highest BCUT2D eigenvalue weighted by atomic mass is 32.2. The van der Waals surface area contributed by atoms with Gasteiger partial charge >= 0.3 is 0 Å². The highest BCUT2D eigenvalue weighted by Crippen LogP contribution is 2.24. The Labute approximate surface area is 174 Å². The van der Waals surface area contributed by atoms with Crippen LogP contribution in [0.4, 0.5) is 0 Å². The van der Waals surface area contributed by atoms with Crippen molar-refractivity contribution in [1.29, 1.82) is 0 Å². The summed E-state index contributed by atoms with van der Waals surface area (Å²) < 4.78 is 12.3. The molecule has 7 nitrogen and oxygen atoms in total. The van der Waals surface area contributed by atoms with E-state index >= 15 is 0 Å². The first kappa shape index (κ1) is 20.7. The molecule has 0 aliphatic heterocycles. The number of methoxy groups -OCH3 is 2. The molecule has 3 aromatic rings. The zero-order chi connectivity index (χ0) is 20.6. The summed E-state index contributed by atoms with van der Waals surface area (Å²) in [6.45, 7) is 2.38. The molecule has 1 aromatic heterocycles. The maximum absolute atomic E-state index is 12.5. The van der Waals surface area contributed by atoms with Gasteiger partial charge in [0, 0.05) is 17.0 Å². The number of hydrogen-bond acceptors (Lipinski definition) is 6. The first-order chi connectivity index (χ1) is 14.2. The van der Waals surface area contributed by atoms with E-state index in [-0.39, 0.29) is 12.5 Å². The summed E-state index contributed by atoms with van der Waals surface area (Å²) in [5, 5.41) is 12.3. The SMILES string of the molecule is CCCSc1nnc(CNC(=O)c2ccc(OC)cc2)n1-c1ccc(OC)cc1. The van der Waals surface area contributed by atoms with Crippen LogP contribution in [0.3, 0.4) is 0 Å². The highest BCUT2D eigenvalue weighted by Gasteiger charge is 2.16. The standard InChI is InChI=1S/C21H24N4O3S/c1-4-13-29-21-24-23-19(25(21)16-7-11-18(28-3)12-8-16)14-22-20(26)15-5-9-17(27-2)10-6-15/h5-12H,4,13-14H2,1-3H3,(H,22,26). The zero-order valence-electron chi connectivity index (χ0n) is 16.7. The van der Waals surface area contributed by atoms with Crippen molar-refractivity contribution in [2.24, 2.45) is 0 Å². The molecule has 0 atom stereocenters. The maximum atomic E-state index is 12.5. The molecule has 2 aromatic carbocycles. The average Bonchev–Trinajstić information content (AvgIpc) is 3.18. The third-order valence-corrected chi connectivity index (χ3v) is 5.36. The monoisotopic (exact) mass is 412 g/mol. The van der Waals surface area contributed by atoms with Crippen LogP contribution in [-0.4, -0.2) is 40.6 Å². The molecular weight excluding hydrogens is 388 g/mol. The number of ether oxygens (including phenoxy) is 2. The van der Waals surface area contributed by atoms with Crippen LogP contribution in [-0.2, 0) is 6.54 Å². The second kappa shape index (κ2) is 9.97. The van der Waals surface area contributed by atoms with Crippen LogP contribution < -0.4 is 14.8 Å². The number of carbonyl (C=O) groups excluding carboxylic acids is 1. The first-order valence-corrected chi connectivity index (χ1v) is 10.3. The van der Waals surface area contributed by atoms with E-state index in [0.717, 1.165) is 28.8 Å². The fourth-order valence-corrected chi connectivity index (χ4v) is 3.52. The van der Waals surface area contributed by atoms with E-state index in [9.17, 15) is 4.79 Å². The Kier molecular flexibility index (Phi) is 7.13. The molecule has 0 radical (unpaired) electrons. The topological polar surface area (TPSA) is 78.3 Å². The third kappa shape index (κ3) is 5.08. The minimum atomic E-state index is -0.181. The van der Waals surface area contributed by atoms with Crippen LogP contribution in [0.2, 0.25) is 0 Å². The van der Waals surface area contributed by atoms with Crippen LogP contribution in [0.15, 0.2) is 53.7 Å². The van der Waals surface area contributed by atoms with E-state index < -0.39 is 0 Å². The quantitative estimate of drug-likeness (QED) is 0.540. The summed E-state index contributed by atoms with van der Waals surface area (Å²) in [6, 6.07) is 14.7. The Morgan fingerprint density at radius 3 is 2.21 bits per heavy atom. The minimum absolute atomic E-state index is 0.181. The van der Waals surface area contributed by atoms with Gasteiger partial charge in [-0.15, -0.1) is 10.2 Å². The summed E-state index contributed by atoms with van der Waals surface area (Å²) in [5.74, 6) is 2.90. The van der Waals surface area contributed by atoms with Gasteiger partial charge in [0.2, 0.25) is 0 Å². The third-order valence-electron chi connectivity index (χ3n) is 4.23. The van der Waals surface area contributed by atoms with Gasteiger partial charge in [-0.3, -0.25) is 9.36 Å². The molecule has 0 saturated carbocycles. The predicted octanol–water partition coefficient (Wildman–Crippen LogP) is 3.72. The fourth-order valence-electron chi connectivity index (χ4n) is 2.70. The van der Waals surface area contributed by atoms with E-state index in [1.165, 1.54) is 0 Å². The number of rotatable bonds is 9. The lowest BCUT2D eigenvalue weighted by atomic mass is 10.2. The van der Waals surface area contributed by atoms with Crippen molar-refractivity contribution < 1.29 is 14.3 Å². The second-order valence-corrected chi connectivity index (χ2v) is 7.25. The molecule has 0 unspecified atom stereocenters. The number of aromatic nitrogens is 3.